The van der Waals surface area contributed by atoms with E-state index in [0.29, 0.717) is 29.9 Å². The third-order valence-electron chi connectivity index (χ3n) is 1.72. The van der Waals surface area contributed by atoms with Gasteiger partial charge in [0.1, 0.15) is 17.6 Å². The summed E-state index contributed by atoms with van der Waals surface area (Å²) in [6.45, 7) is 4.10. The topological polar surface area (TPSA) is 67.3 Å². The smallest absolute Gasteiger partial charge is 0.158 e. The number of hydrogen-bond donors (Lipinski definition) is 2. The van der Waals surface area contributed by atoms with E-state index in [9.17, 15) is 5.11 Å². The molecule has 0 fully saturated rings. The van der Waals surface area contributed by atoms with Crippen LogP contribution < -0.4 is 5.32 Å². The molecule has 0 amide bonds. The average Bonchev–Trinajstić information content (AvgIpc) is 2.13. The second-order valence-corrected chi connectivity index (χ2v) is 4.48. The molecule has 0 radical (unpaired) electrons. The van der Waals surface area contributed by atoms with Crippen LogP contribution in [-0.4, -0.2) is 34.3 Å². The maximum atomic E-state index is 9.56. The van der Waals surface area contributed by atoms with Gasteiger partial charge in [-0.3, -0.25) is 0 Å². The summed E-state index contributed by atoms with van der Waals surface area (Å²) in [5, 5.41) is 12.9. The molecule has 1 aromatic rings. The van der Waals surface area contributed by atoms with Crippen molar-refractivity contribution >= 4 is 17.4 Å². The number of methoxy groups -OCH3 is 1. The molecule has 0 unspecified atom stereocenters. The standard InChI is InChI=1S/C10H16ClN3O2/c1-10(2,15)6-12-8-4-7(11)13-9(14-8)5-16-3/h4,15H,5-6H2,1-3H3,(H,12,13,14). The molecular formula is C10H16ClN3O2. The van der Waals surface area contributed by atoms with Crippen molar-refractivity contribution in [2.45, 2.75) is 26.1 Å². The highest BCUT2D eigenvalue weighted by atomic mass is 35.5. The van der Waals surface area contributed by atoms with Gasteiger partial charge in [-0.05, 0) is 13.8 Å². The Hall–Kier alpha value is -0.910. The van der Waals surface area contributed by atoms with E-state index in [2.05, 4.69) is 15.3 Å². The predicted molar refractivity (Wildman–Crippen MR) is 62.5 cm³/mol. The molecule has 90 valence electrons. The van der Waals surface area contributed by atoms with Crippen molar-refractivity contribution in [3.8, 4) is 0 Å². The first-order chi connectivity index (χ1) is 7.40. The van der Waals surface area contributed by atoms with Crippen LogP contribution in [0.4, 0.5) is 5.82 Å². The summed E-state index contributed by atoms with van der Waals surface area (Å²) in [5.41, 5.74) is -0.807. The molecule has 0 spiro atoms. The lowest BCUT2D eigenvalue weighted by molar-refractivity contribution is 0.0944. The molecule has 0 aliphatic heterocycles. The first-order valence-corrected chi connectivity index (χ1v) is 5.27. The Bertz CT molecular complexity index is 352. The number of halogens is 1. The van der Waals surface area contributed by atoms with Crippen LogP contribution in [0.2, 0.25) is 5.15 Å². The molecule has 0 saturated carbocycles. The fraction of sp³-hybridized carbons (Fsp3) is 0.600. The lowest BCUT2D eigenvalue weighted by Gasteiger charge is -2.18. The highest BCUT2D eigenvalue weighted by molar-refractivity contribution is 6.29. The van der Waals surface area contributed by atoms with Crippen molar-refractivity contribution in [1.29, 1.82) is 0 Å². The molecule has 5 nitrogen and oxygen atoms in total. The molecule has 0 aliphatic rings. The molecule has 0 aromatic carbocycles. The Morgan fingerprint density at radius 3 is 2.75 bits per heavy atom. The summed E-state index contributed by atoms with van der Waals surface area (Å²) < 4.78 is 4.92. The Kier molecular flexibility index (Phi) is 4.46. The summed E-state index contributed by atoms with van der Waals surface area (Å²) in [4.78, 5) is 8.18. The van der Waals surface area contributed by atoms with Gasteiger partial charge in [0, 0.05) is 19.7 Å². The van der Waals surface area contributed by atoms with Gasteiger partial charge in [0.05, 0.1) is 5.60 Å². The minimum Gasteiger partial charge on any atom is -0.389 e. The summed E-state index contributed by atoms with van der Waals surface area (Å²) in [6.07, 6.45) is 0. The molecule has 0 saturated heterocycles. The zero-order chi connectivity index (χ0) is 12.2. The Morgan fingerprint density at radius 1 is 1.50 bits per heavy atom. The maximum Gasteiger partial charge on any atom is 0.158 e. The number of aliphatic hydroxyl groups is 1. The van der Waals surface area contributed by atoms with Gasteiger partial charge in [-0.2, -0.15) is 0 Å². The van der Waals surface area contributed by atoms with Crippen LogP contribution in [0.5, 0.6) is 0 Å². The van der Waals surface area contributed by atoms with Gasteiger partial charge in [0.25, 0.3) is 0 Å². The average molecular weight is 246 g/mol. The van der Waals surface area contributed by atoms with Crippen molar-refractivity contribution in [3.63, 3.8) is 0 Å². The van der Waals surface area contributed by atoms with E-state index in [1.807, 2.05) is 0 Å². The fourth-order valence-corrected chi connectivity index (χ4v) is 1.26. The van der Waals surface area contributed by atoms with Gasteiger partial charge in [0.15, 0.2) is 5.82 Å². The van der Waals surface area contributed by atoms with E-state index < -0.39 is 5.60 Å². The monoisotopic (exact) mass is 245 g/mol. The van der Waals surface area contributed by atoms with Crippen LogP contribution in [0.15, 0.2) is 6.07 Å². The molecule has 16 heavy (non-hydrogen) atoms. The zero-order valence-corrected chi connectivity index (χ0v) is 10.4. The van der Waals surface area contributed by atoms with E-state index in [-0.39, 0.29) is 0 Å². The van der Waals surface area contributed by atoms with Crippen molar-refractivity contribution in [2.75, 3.05) is 19.0 Å². The highest BCUT2D eigenvalue weighted by Crippen LogP contribution is 2.13. The number of anilines is 1. The van der Waals surface area contributed by atoms with E-state index in [1.165, 1.54) is 0 Å². The van der Waals surface area contributed by atoms with Crippen LogP contribution in [-0.2, 0) is 11.3 Å². The first-order valence-electron chi connectivity index (χ1n) is 4.89. The quantitative estimate of drug-likeness (QED) is 0.769. The van der Waals surface area contributed by atoms with Crippen molar-refractivity contribution < 1.29 is 9.84 Å². The van der Waals surface area contributed by atoms with Crippen LogP contribution in [0.3, 0.4) is 0 Å². The second kappa shape index (κ2) is 5.43. The molecule has 6 heteroatoms. The number of ether oxygens (including phenoxy) is 1. The lowest BCUT2D eigenvalue weighted by Crippen LogP contribution is -2.29. The molecule has 0 bridgehead atoms. The number of hydrogen-bond acceptors (Lipinski definition) is 5. The van der Waals surface area contributed by atoms with Crippen LogP contribution in [0.25, 0.3) is 0 Å². The van der Waals surface area contributed by atoms with Gasteiger partial charge < -0.3 is 15.2 Å². The SMILES string of the molecule is COCc1nc(Cl)cc(NCC(C)(C)O)n1. The van der Waals surface area contributed by atoms with Crippen molar-refractivity contribution in [2.24, 2.45) is 0 Å². The predicted octanol–water partition coefficient (Wildman–Crippen LogP) is 1.46. The number of nitrogens with zero attached hydrogens (tertiary/aromatic N) is 2. The summed E-state index contributed by atoms with van der Waals surface area (Å²) >= 11 is 5.83. The molecule has 1 rings (SSSR count). The third kappa shape index (κ3) is 4.74. The van der Waals surface area contributed by atoms with Crippen LogP contribution in [0, 0.1) is 0 Å². The molecule has 1 heterocycles. The highest BCUT2D eigenvalue weighted by Gasteiger charge is 2.12. The van der Waals surface area contributed by atoms with E-state index in [4.69, 9.17) is 16.3 Å². The van der Waals surface area contributed by atoms with Gasteiger partial charge >= 0.3 is 0 Å². The second-order valence-electron chi connectivity index (χ2n) is 4.09. The van der Waals surface area contributed by atoms with E-state index >= 15 is 0 Å². The van der Waals surface area contributed by atoms with Crippen molar-refractivity contribution in [3.05, 3.63) is 17.0 Å². The first kappa shape index (κ1) is 13.2. The maximum absolute atomic E-state index is 9.56. The molecule has 2 N–H and O–H groups in total. The van der Waals surface area contributed by atoms with Gasteiger partial charge in [-0.25, -0.2) is 9.97 Å². The largest absolute Gasteiger partial charge is 0.389 e. The van der Waals surface area contributed by atoms with Gasteiger partial charge in [-0.1, -0.05) is 11.6 Å². The number of nitrogens with one attached hydrogen (secondary N) is 1. The Balaban J connectivity index is 2.72. The number of aromatic nitrogens is 2. The van der Waals surface area contributed by atoms with E-state index in [0.717, 1.165) is 0 Å². The summed E-state index contributed by atoms with van der Waals surface area (Å²) in [6, 6.07) is 1.60. The summed E-state index contributed by atoms with van der Waals surface area (Å²) in [5.74, 6) is 1.09. The third-order valence-corrected chi connectivity index (χ3v) is 1.91. The van der Waals surface area contributed by atoms with Crippen LogP contribution in [0.1, 0.15) is 19.7 Å². The van der Waals surface area contributed by atoms with Gasteiger partial charge in [0.2, 0.25) is 0 Å². The zero-order valence-electron chi connectivity index (χ0n) is 9.62. The Morgan fingerprint density at radius 2 is 2.19 bits per heavy atom. The van der Waals surface area contributed by atoms with E-state index in [1.54, 1.807) is 27.0 Å². The number of rotatable bonds is 5. The summed E-state index contributed by atoms with van der Waals surface area (Å²) in [7, 11) is 1.56. The lowest BCUT2D eigenvalue weighted by atomic mass is 10.1. The minimum absolute atomic E-state index is 0.303. The Labute approximate surface area is 99.8 Å². The normalized spacial score (nSPS) is 11.6. The molecule has 1 aromatic heterocycles. The van der Waals surface area contributed by atoms with Crippen molar-refractivity contribution in [1.82, 2.24) is 9.97 Å². The van der Waals surface area contributed by atoms with Gasteiger partial charge in [-0.15, -0.1) is 0 Å². The molecular weight excluding hydrogens is 230 g/mol. The molecule has 0 atom stereocenters. The molecule has 0 aliphatic carbocycles. The van der Waals surface area contributed by atoms with Crippen LogP contribution >= 0.6 is 11.6 Å². The minimum atomic E-state index is -0.807. The fourth-order valence-electron chi connectivity index (χ4n) is 1.06.